The second-order valence-electron chi connectivity index (χ2n) is 5.01. The SMILES string of the molecule is CCNC1CCCc2c1cnn2CCS(=O)(=O)CC. The maximum atomic E-state index is 11.6. The summed E-state index contributed by atoms with van der Waals surface area (Å²) in [6.07, 6.45) is 5.18. The highest BCUT2D eigenvalue weighted by atomic mass is 32.2. The summed E-state index contributed by atoms with van der Waals surface area (Å²) in [5.74, 6) is 0.389. The quantitative estimate of drug-likeness (QED) is 0.856. The van der Waals surface area contributed by atoms with Gasteiger partial charge < -0.3 is 5.32 Å². The Morgan fingerprint density at radius 1 is 1.47 bits per heavy atom. The average molecular weight is 285 g/mol. The standard InChI is InChI=1S/C13H23N3O2S/c1-3-14-12-6-5-7-13-11(12)10-15-16(13)8-9-19(17,18)4-2/h10,12,14H,3-9H2,1-2H3. The van der Waals surface area contributed by atoms with Crippen LogP contribution < -0.4 is 5.32 Å². The topological polar surface area (TPSA) is 64.0 Å². The third kappa shape index (κ3) is 3.36. The largest absolute Gasteiger partial charge is 0.310 e. The van der Waals surface area contributed by atoms with E-state index in [1.165, 1.54) is 11.3 Å². The Labute approximate surface area is 115 Å². The summed E-state index contributed by atoms with van der Waals surface area (Å²) in [5, 5.41) is 7.85. The van der Waals surface area contributed by atoms with Gasteiger partial charge in [0, 0.05) is 23.1 Å². The molecular weight excluding hydrogens is 262 g/mol. The molecule has 1 aromatic heterocycles. The van der Waals surface area contributed by atoms with E-state index in [0.29, 0.717) is 12.6 Å². The molecule has 0 aliphatic heterocycles. The van der Waals surface area contributed by atoms with E-state index in [1.807, 2.05) is 10.9 Å². The van der Waals surface area contributed by atoms with Crippen LogP contribution in [0.15, 0.2) is 6.20 Å². The molecular formula is C13H23N3O2S. The van der Waals surface area contributed by atoms with Crippen molar-refractivity contribution in [1.82, 2.24) is 15.1 Å². The lowest BCUT2D eigenvalue weighted by Crippen LogP contribution is -2.25. The van der Waals surface area contributed by atoms with Crippen LogP contribution in [0.2, 0.25) is 0 Å². The van der Waals surface area contributed by atoms with E-state index < -0.39 is 9.84 Å². The number of nitrogens with one attached hydrogen (secondary N) is 1. The van der Waals surface area contributed by atoms with Crippen molar-refractivity contribution >= 4 is 9.84 Å². The number of hydrogen-bond donors (Lipinski definition) is 1. The number of fused-ring (bicyclic) bond motifs is 1. The zero-order valence-electron chi connectivity index (χ0n) is 11.7. The molecule has 0 spiro atoms. The van der Waals surface area contributed by atoms with Crippen LogP contribution in [0.4, 0.5) is 0 Å². The first-order valence-electron chi connectivity index (χ1n) is 7.05. The molecule has 6 heteroatoms. The van der Waals surface area contributed by atoms with Crippen LogP contribution in [0.25, 0.3) is 0 Å². The van der Waals surface area contributed by atoms with Crippen LogP contribution in [-0.4, -0.2) is 36.2 Å². The van der Waals surface area contributed by atoms with E-state index in [0.717, 1.165) is 25.8 Å². The van der Waals surface area contributed by atoms with Gasteiger partial charge in [0.15, 0.2) is 9.84 Å². The summed E-state index contributed by atoms with van der Waals surface area (Å²) < 4.78 is 25.0. The molecule has 108 valence electrons. The fourth-order valence-corrected chi connectivity index (χ4v) is 3.38. The molecule has 1 atom stereocenters. The molecule has 0 radical (unpaired) electrons. The minimum absolute atomic E-state index is 0.184. The van der Waals surface area contributed by atoms with E-state index in [2.05, 4.69) is 17.3 Å². The third-order valence-electron chi connectivity index (χ3n) is 3.77. The lowest BCUT2D eigenvalue weighted by molar-refractivity contribution is 0.459. The predicted molar refractivity (Wildman–Crippen MR) is 75.9 cm³/mol. The Bertz CT molecular complexity index is 522. The van der Waals surface area contributed by atoms with Gasteiger partial charge in [0.2, 0.25) is 0 Å². The van der Waals surface area contributed by atoms with E-state index >= 15 is 0 Å². The molecule has 5 nitrogen and oxygen atoms in total. The number of aromatic nitrogens is 2. The molecule has 0 saturated heterocycles. The van der Waals surface area contributed by atoms with Crippen LogP contribution in [0.3, 0.4) is 0 Å². The van der Waals surface area contributed by atoms with E-state index in [-0.39, 0.29) is 11.5 Å². The van der Waals surface area contributed by atoms with Crippen molar-refractivity contribution in [2.75, 3.05) is 18.1 Å². The first-order valence-corrected chi connectivity index (χ1v) is 8.88. The van der Waals surface area contributed by atoms with Gasteiger partial charge in [-0.3, -0.25) is 4.68 Å². The Balaban J connectivity index is 2.12. The number of nitrogens with zero attached hydrogens (tertiary/aromatic N) is 2. The molecule has 1 aliphatic rings. The maximum Gasteiger partial charge on any atom is 0.151 e. The van der Waals surface area contributed by atoms with Crippen molar-refractivity contribution in [1.29, 1.82) is 0 Å². The van der Waals surface area contributed by atoms with Crippen molar-refractivity contribution in [3.63, 3.8) is 0 Å². The summed E-state index contributed by atoms with van der Waals surface area (Å²) in [6.45, 7) is 5.21. The molecule has 0 amide bonds. The lowest BCUT2D eigenvalue weighted by atomic mass is 9.93. The normalized spacial score (nSPS) is 19.4. The van der Waals surface area contributed by atoms with Gasteiger partial charge in [0.05, 0.1) is 18.5 Å². The molecule has 2 rings (SSSR count). The third-order valence-corrected chi connectivity index (χ3v) is 5.45. The van der Waals surface area contributed by atoms with Gasteiger partial charge >= 0.3 is 0 Å². The lowest BCUT2D eigenvalue weighted by Gasteiger charge is -2.23. The van der Waals surface area contributed by atoms with Gasteiger partial charge in [-0.1, -0.05) is 13.8 Å². The Kier molecular flexibility index (Phi) is 4.62. The molecule has 0 fully saturated rings. The summed E-state index contributed by atoms with van der Waals surface area (Å²) in [5.41, 5.74) is 2.46. The van der Waals surface area contributed by atoms with Crippen molar-refractivity contribution in [2.24, 2.45) is 0 Å². The molecule has 1 N–H and O–H groups in total. The van der Waals surface area contributed by atoms with E-state index in [9.17, 15) is 8.42 Å². The van der Waals surface area contributed by atoms with Gasteiger partial charge in [-0.05, 0) is 25.8 Å². The minimum atomic E-state index is -2.92. The molecule has 19 heavy (non-hydrogen) atoms. The second kappa shape index (κ2) is 6.05. The fourth-order valence-electron chi connectivity index (χ4n) is 2.64. The smallest absolute Gasteiger partial charge is 0.151 e. The van der Waals surface area contributed by atoms with Gasteiger partial charge in [-0.25, -0.2) is 8.42 Å². The van der Waals surface area contributed by atoms with Crippen molar-refractivity contribution in [3.05, 3.63) is 17.5 Å². The van der Waals surface area contributed by atoms with Gasteiger partial charge in [0.25, 0.3) is 0 Å². The predicted octanol–water partition coefficient (Wildman–Crippen LogP) is 1.30. The van der Waals surface area contributed by atoms with Crippen LogP contribution in [0.5, 0.6) is 0 Å². The molecule has 1 aromatic rings. The number of sulfone groups is 1. The summed E-state index contributed by atoms with van der Waals surface area (Å²) in [6, 6.07) is 0.380. The van der Waals surface area contributed by atoms with Gasteiger partial charge in [-0.15, -0.1) is 0 Å². The molecule has 1 unspecified atom stereocenters. The molecule has 1 aliphatic carbocycles. The van der Waals surface area contributed by atoms with Crippen molar-refractivity contribution in [3.8, 4) is 0 Å². The van der Waals surface area contributed by atoms with Crippen molar-refractivity contribution < 1.29 is 8.42 Å². The Morgan fingerprint density at radius 3 is 2.95 bits per heavy atom. The first kappa shape index (κ1) is 14.5. The number of aryl methyl sites for hydroxylation is 1. The highest BCUT2D eigenvalue weighted by Crippen LogP contribution is 2.29. The number of hydrogen-bond acceptors (Lipinski definition) is 4. The second-order valence-corrected chi connectivity index (χ2v) is 7.48. The zero-order chi connectivity index (χ0) is 13.9. The average Bonchev–Trinajstić information content (AvgIpc) is 2.81. The van der Waals surface area contributed by atoms with Gasteiger partial charge in [0.1, 0.15) is 0 Å². The Morgan fingerprint density at radius 2 is 2.26 bits per heavy atom. The monoisotopic (exact) mass is 285 g/mol. The van der Waals surface area contributed by atoms with Gasteiger partial charge in [-0.2, -0.15) is 5.10 Å². The molecule has 0 aromatic carbocycles. The fraction of sp³-hybridized carbons (Fsp3) is 0.769. The minimum Gasteiger partial charge on any atom is -0.310 e. The molecule has 0 saturated carbocycles. The van der Waals surface area contributed by atoms with Crippen LogP contribution in [0, 0.1) is 0 Å². The highest BCUT2D eigenvalue weighted by molar-refractivity contribution is 7.91. The van der Waals surface area contributed by atoms with E-state index in [1.54, 1.807) is 6.92 Å². The van der Waals surface area contributed by atoms with Crippen LogP contribution >= 0.6 is 0 Å². The zero-order valence-corrected chi connectivity index (χ0v) is 12.5. The highest BCUT2D eigenvalue weighted by Gasteiger charge is 2.23. The summed E-state index contributed by atoms with van der Waals surface area (Å²) in [7, 11) is -2.92. The Hall–Kier alpha value is -0.880. The first-order chi connectivity index (χ1) is 9.07. The summed E-state index contributed by atoms with van der Waals surface area (Å²) >= 11 is 0. The van der Waals surface area contributed by atoms with E-state index in [4.69, 9.17) is 0 Å². The summed E-state index contributed by atoms with van der Waals surface area (Å²) in [4.78, 5) is 0. The molecule has 1 heterocycles. The van der Waals surface area contributed by atoms with Crippen molar-refractivity contribution in [2.45, 2.75) is 45.7 Å². The van der Waals surface area contributed by atoms with Crippen LogP contribution in [-0.2, 0) is 22.8 Å². The maximum absolute atomic E-state index is 11.6. The molecule has 0 bridgehead atoms. The number of rotatable bonds is 6. The van der Waals surface area contributed by atoms with Crippen LogP contribution in [0.1, 0.15) is 44.0 Å².